The van der Waals surface area contributed by atoms with E-state index >= 15 is 0 Å². The predicted molar refractivity (Wildman–Crippen MR) is 83.9 cm³/mol. The lowest BCUT2D eigenvalue weighted by atomic mass is 10.1. The first-order valence-electron chi connectivity index (χ1n) is 7.69. The van der Waals surface area contributed by atoms with E-state index in [9.17, 15) is 14.7 Å². The van der Waals surface area contributed by atoms with Gasteiger partial charge in [0.25, 0.3) is 0 Å². The lowest BCUT2D eigenvalue weighted by Gasteiger charge is -2.19. The van der Waals surface area contributed by atoms with Gasteiger partial charge in [0.05, 0.1) is 0 Å². The van der Waals surface area contributed by atoms with Crippen LogP contribution in [-0.4, -0.2) is 35.5 Å². The van der Waals surface area contributed by atoms with Gasteiger partial charge in [-0.25, -0.2) is 4.79 Å². The second-order valence-corrected chi connectivity index (χ2v) is 5.29. The van der Waals surface area contributed by atoms with E-state index in [1.165, 1.54) is 24.2 Å². The Hall–Kier alpha value is -1.84. The largest absolute Gasteiger partial charge is 0.465 e. The van der Waals surface area contributed by atoms with Gasteiger partial charge < -0.3 is 10.0 Å². The number of rotatable bonds is 10. The Morgan fingerprint density at radius 3 is 2.33 bits per heavy atom. The summed E-state index contributed by atoms with van der Waals surface area (Å²) < 4.78 is 0. The van der Waals surface area contributed by atoms with Gasteiger partial charge >= 0.3 is 6.09 Å². The molecule has 0 radical (unpaired) electrons. The molecule has 0 saturated heterocycles. The smallest absolute Gasteiger partial charge is 0.407 e. The average Bonchev–Trinajstić information content (AvgIpc) is 2.50. The van der Waals surface area contributed by atoms with Gasteiger partial charge in [-0.15, -0.1) is 0 Å². The number of unbranched alkanes of at least 4 members (excludes halogenated alkanes) is 4. The van der Waals surface area contributed by atoms with Gasteiger partial charge in [0.2, 0.25) is 0 Å². The maximum Gasteiger partial charge on any atom is 0.407 e. The molecular formula is C17H25NO3. The van der Waals surface area contributed by atoms with Gasteiger partial charge in [-0.1, -0.05) is 56.9 Å². The molecule has 1 aromatic rings. The first-order chi connectivity index (χ1) is 10.2. The molecule has 4 nitrogen and oxygen atoms in total. The number of hydrogen-bond donors (Lipinski definition) is 1. The van der Waals surface area contributed by atoms with Crippen molar-refractivity contribution in [3.8, 4) is 0 Å². The third-order valence-electron chi connectivity index (χ3n) is 3.59. The van der Waals surface area contributed by atoms with E-state index in [0.717, 1.165) is 24.7 Å². The monoisotopic (exact) mass is 291 g/mol. The van der Waals surface area contributed by atoms with Gasteiger partial charge in [-0.05, 0) is 18.4 Å². The van der Waals surface area contributed by atoms with E-state index in [2.05, 4.69) is 6.92 Å². The summed E-state index contributed by atoms with van der Waals surface area (Å²) in [5.74, 6) is 0. The standard InChI is InChI=1S/C17H25NO3/c1-2-3-4-5-6-12-18(17(20)21)13-11-15-7-9-16(14-19)10-8-15/h7-10,14H,2-6,11-13H2,1H3,(H,20,21). The predicted octanol–water partition coefficient (Wildman–Crippen LogP) is 3.99. The third-order valence-corrected chi connectivity index (χ3v) is 3.59. The molecule has 0 aliphatic heterocycles. The Kier molecular flexibility index (Phi) is 8.17. The fourth-order valence-corrected chi connectivity index (χ4v) is 2.24. The van der Waals surface area contributed by atoms with Crippen molar-refractivity contribution in [2.75, 3.05) is 13.1 Å². The SMILES string of the molecule is CCCCCCCN(CCc1ccc(C=O)cc1)C(=O)O. The summed E-state index contributed by atoms with van der Waals surface area (Å²) in [7, 11) is 0. The Morgan fingerprint density at radius 1 is 1.10 bits per heavy atom. The summed E-state index contributed by atoms with van der Waals surface area (Å²) in [6.07, 6.45) is 6.24. The second-order valence-electron chi connectivity index (χ2n) is 5.29. The Bertz CT molecular complexity index is 428. The first-order valence-corrected chi connectivity index (χ1v) is 7.69. The van der Waals surface area contributed by atoms with E-state index in [0.29, 0.717) is 25.1 Å². The maximum atomic E-state index is 11.2. The molecule has 0 heterocycles. The number of aldehydes is 1. The molecule has 4 heteroatoms. The minimum atomic E-state index is -0.852. The number of nitrogens with zero attached hydrogens (tertiary/aromatic N) is 1. The molecule has 0 bridgehead atoms. The normalized spacial score (nSPS) is 10.3. The van der Waals surface area contributed by atoms with Crippen molar-refractivity contribution in [1.29, 1.82) is 0 Å². The van der Waals surface area contributed by atoms with Crippen LogP contribution in [0.25, 0.3) is 0 Å². The minimum absolute atomic E-state index is 0.504. The highest BCUT2D eigenvalue weighted by molar-refractivity contribution is 5.74. The van der Waals surface area contributed by atoms with Gasteiger partial charge in [0.1, 0.15) is 6.29 Å². The fourth-order valence-electron chi connectivity index (χ4n) is 2.24. The van der Waals surface area contributed by atoms with Gasteiger partial charge in [0, 0.05) is 18.7 Å². The molecule has 0 aliphatic rings. The molecule has 1 rings (SSSR count). The summed E-state index contributed by atoms with van der Waals surface area (Å²) in [6.45, 7) is 3.27. The molecular weight excluding hydrogens is 266 g/mol. The fraction of sp³-hybridized carbons (Fsp3) is 0.529. The summed E-state index contributed by atoms with van der Waals surface area (Å²) >= 11 is 0. The van der Waals surface area contributed by atoms with Crippen LogP contribution >= 0.6 is 0 Å². The van der Waals surface area contributed by atoms with Crippen LogP contribution in [0.3, 0.4) is 0 Å². The van der Waals surface area contributed by atoms with Crippen LogP contribution in [-0.2, 0) is 6.42 Å². The first kappa shape index (κ1) is 17.2. The van der Waals surface area contributed by atoms with Crippen molar-refractivity contribution in [3.63, 3.8) is 0 Å². The second kappa shape index (κ2) is 9.97. The van der Waals surface area contributed by atoms with Crippen molar-refractivity contribution in [2.24, 2.45) is 0 Å². The van der Waals surface area contributed by atoms with Crippen LogP contribution in [0, 0.1) is 0 Å². The zero-order chi connectivity index (χ0) is 15.5. The van der Waals surface area contributed by atoms with Crippen LogP contribution in [0.5, 0.6) is 0 Å². The number of hydrogen-bond acceptors (Lipinski definition) is 2. The van der Waals surface area contributed by atoms with Crippen LogP contribution < -0.4 is 0 Å². The number of carbonyl (C=O) groups is 2. The Morgan fingerprint density at radius 2 is 1.76 bits per heavy atom. The van der Waals surface area contributed by atoms with Crippen LogP contribution in [0.1, 0.15) is 54.9 Å². The molecule has 21 heavy (non-hydrogen) atoms. The summed E-state index contributed by atoms with van der Waals surface area (Å²) in [4.78, 5) is 23.3. The molecule has 116 valence electrons. The highest BCUT2D eigenvalue weighted by Gasteiger charge is 2.10. The van der Waals surface area contributed by atoms with Crippen molar-refractivity contribution < 1.29 is 14.7 Å². The highest BCUT2D eigenvalue weighted by Crippen LogP contribution is 2.07. The van der Waals surface area contributed by atoms with Crippen LogP contribution in [0.2, 0.25) is 0 Å². The quantitative estimate of drug-likeness (QED) is 0.524. The number of carboxylic acid groups (broad SMARTS) is 1. The van der Waals surface area contributed by atoms with Gasteiger partial charge in [0.15, 0.2) is 0 Å². The average molecular weight is 291 g/mol. The molecule has 0 spiro atoms. The highest BCUT2D eigenvalue weighted by atomic mass is 16.4. The maximum absolute atomic E-state index is 11.2. The molecule has 1 amide bonds. The summed E-state index contributed by atoms with van der Waals surface area (Å²) in [5.41, 5.74) is 1.70. The summed E-state index contributed by atoms with van der Waals surface area (Å²) in [5, 5.41) is 9.22. The molecule has 0 saturated carbocycles. The van der Waals surface area contributed by atoms with Crippen LogP contribution in [0.15, 0.2) is 24.3 Å². The third kappa shape index (κ3) is 6.93. The van der Waals surface area contributed by atoms with Crippen LogP contribution in [0.4, 0.5) is 4.79 Å². The van der Waals surface area contributed by atoms with E-state index in [1.54, 1.807) is 12.1 Å². The van der Waals surface area contributed by atoms with Crippen molar-refractivity contribution >= 4 is 12.4 Å². The van der Waals surface area contributed by atoms with Crippen molar-refractivity contribution in [3.05, 3.63) is 35.4 Å². The summed E-state index contributed by atoms with van der Waals surface area (Å²) in [6, 6.07) is 7.28. The van der Waals surface area contributed by atoms with E-state index < -0.39 is 6.09 Å². The molecule has 0 aromatic heterocycles. The lowest BCUT2D eigenvalue weighted by molar-refractivity contribution is 0.112. The van der Waals surface area contributed by atoms with Gasteiger partial charge in [-0.3, -0.25) is 4.79 Å². The number of benzene rings is 1. The lowest BCUT2D eigenvalue weighted by Crippen LogP contribution is -2.32. The molecule has 0 fully saturated rings. The van der Waals surface area contributed by atoms with E-state index in [-0.39, 0.29) is 0 Å². The molecule has 1 aromatic carbocycles. The number of carbonyl (C=O) groups excluding carboxylic acids is 1. The Balaban J connectivity index is 2.35. The minimum Gasteiger partial charge on any atom is -0.465 e. The topological polar surface area (TPSA) is 57.6 Å². The Labute approximate surface area is 126 Å². The van der Waals surface area contributed by atoms with Crippen molar-refractivity contribution in [1.82, 2.24) is 4.90 Å². The van der Waals surface area contributed by atoms with Gasteiger partial charge in [-0.2, -0.15) is 0 Å². The number of amides is 1. The molecule has 1 N–H and O–H groups in total. The van der Waals surface area contributed by atoms with Crippen molar-refractivity contribution in [2.45, 2.75) is 45.4 Å². The molecule has 0 aliphatic carbocycles. The van der Waals surface area contributed by atoms with E-state index in [4.69, 9.17) is 0 Å². The zero-order valence-electron chi connectivity index (χ0n) is 12.8. The van der Waals surface area contributed by atoms with E-state index in [1.807, 2.05) is 12.1 Å². The molecule has 0 unspecified atom stereocenters. The molecule has 0 atom stereocenters. The zero-order valence-corrected chi connectivity index (χ0v) is 12.8.